The molecule has 1 aromatic rings. The molecule has 1 fully saturated rings. The van der Waals surface area contributed by atoms with E-state index in [9.17, 15) is 4.79 Å². The Morgan fingerprint density at radius 3 is 2.65 bits per heavy atom. The molecule has 0 saturated carbocycles. The quantitative estimate of drug-likeness (QED) is 0.834. The Labute approximate surface area is 102 Å². The zero-order valence-electron chi connectivity index (χ0n) is 10.5. The molecule has 0 unspecified atom stereocenters. The number of nitrogen functional groups attached to an aromatic ring is 1. The Hall–Kier alpha value is -1.52. The lowest BCUT2D eigenvalue weighted by Crippen LogP contribution is -2.38. The van der Waals surface area contributed by atoms with Crippen molar-refractivity contribution in [2.24, 2.45) is 5.92 Å². The first kappa shape index (κ1) is 12.0. The third kappa shape index (κ3) is 2.60. The first-order valence-corrected chi connectivity index (χ1v) is 6.11. The molecule has 2 heterocycles. The van der Waals surface area contributed by atoms with Gasteiger partial charge in [0.2, 0.25) is 5.91 Å². The van der Waals surface area contributed by atoms with E-state index in [1.165, 1.54) is 0 Å². The predicted molar refractivity (Wildman–Crippen MR) is 66.4 cm³/mol. The minimum absolute atomic E-state index is 0.179. The number of aryl methyl sites for hydroxylation is 1. The molecule has 0 atom stereocenters. The smallest absolute Gasteiger partial charge is 0.219 e. The molecule has 1 aliphatic heterocycles. The average Bonchev–Trinajstić information content (AvgIpc) is 2.62. The van der Waals surface area contributed by atoms with Crippen molar-refractivity contribution < 1.29 is 4.79 Å². The minimum atomic E-state index is 0.179. The summed E-state index contributed by atoms with van der Waals surface area (Å²) in [4.78, 5) is 13.1. The maximum Gasteiger partial charge on any atom is 0.219 e. The fourth-order valence-corrected chi connectivity index (χ4v) is 2.31. The summed E-state index contributed by atoms with van der Waals surface area (Å²) < 4.78 is 1.88. The van der Waals surface area contributed by atoms with Crippen molar-refractivity contribution in [3.8, 4) is 0 Å². The summed E-state index contributed by atoms with van der Waals surface area (Å²) in [5.41, 5.74) is 6.96. The van der Waals surface area contributed by atoms with Crippen LogP contribution in [0, 0.1) is 12.8 Å². The molecule has 1 aromatic heterocycles. The Balaban J connectivity index is 1.90. The van der Waals surface area contributed by atoms with Crippen molar-refractivity contribution in [2.75, 3.05) is 18.8 Å². The minimum Gasteiger partial charge on any atom is -0.384 e. The fourth-order valence-electron chi connectivity index (χ4n) is 2.31. The summed E-state index contributed by atoms with van der Waals surface area (Å²) in [6, 6.07) is 0. The van der Waals surface area contributed by atoms with Gasteiger partial charge in [0.05, 0.1) is 6.20 Å². The molecule has 17 heavy (non-hydrogen) atoms. The lowest BCUT2D eigenvalue weighted by Gasteiger charge is -2.31. The molecule has 2 rings (SSSR count). The van der Waals surface area contributed by atoms with Crippen LogP contribution < -0.4 is 5.73 Å². The van der Waals surface area contributed by atoms with Crippen LogP contribution in [0.25, 0.3) is 0 Å². The van der Waals surface area contributed by atoms with Crippen molar-refractivity contribution in [1.82, 2.24) is 14.7 Å². The molecule has 0 spiro atoms. The van der Waals surface area contributed by atoms with Gasteiger partial charge in [-0.2, -0.15) is 5.10 Å². The van der Waals surface area contributed by atoms with E-state index in [0.717, 1.165) is 43.9 Å². The molecule has 0 radical (unpaired) electrons. The number of hydrogen-bond acceptors (Lipinski definition) is 3. The van der Waals surface area contributed by atoms with Gasteiger partial charge in [0, 0.05) is 32.1 Å². The van der Waals surface area contributed by atoms with E-state index in [2.05, 4.69) is 5.10 Å². The van der Waals surface area contributed by atoms with Crippen molar-refractivity contribution in [3.05, 3.63) is 11.8 Å². The molecule has 1 aliphatic rings. The second-order valence-corrected chi connectivity index (χ2v) is 4.84. The normalized spacial score (nSPS) is 17.4. The number of hydrogen-bond donors (Lipinski definition) is 1. The Morgan fingerprint density at radius 1 is 1.53 bits per heavy atom. The highest BCUT2D eigenvalue weighted by molar-refractivity contribution is 5.73. The van der Waals surface area contributed by atoms with E-state index in [4.69, 9.17) is 5.73 Å². The second kappa shape index (κ2) is 4.77. The largest absolute Gasteiger partial charge is 0.384 e. The van der Waals surface area contributed by atoms with Crippen LogP contribution in [0.5, 0.6) is 0 Å². The number of nitrogens with two attached hydrogens (primary N) is 1. The zero-order valence-corrected chi connectivity index (χ0v) is 10.5. The molecule has 5 heteroatoms. The van der Waals surface area contributed by atoms with Gasteiger partial charge in [0.1, 0.15) is 5.82 Å². The summed E-state index contributed by atoms with van der Waals surface area (Å²) in [6.45, 7) is 6.19. The maximum absolute atomic E-state index is 11.2. The monoisotopic (exact) mass is 236 g/mol. The second-order valence-electron chi connectivity index (χ2n) is 4.84. The van der Waals surface area contributed by atoms with Crippen LogP contribution in [0.1, 0.15) is 25.3 Å². The number of nitrogens with zero attached hydrogens (tertiary/aromatic N) is 3. The van der Waals surface area contributed by atoms with Crippen LogP contribution >= 0.6 is 0 Å². The van der Waals surface area contributed by atoms with Crippen molar-refractivity contribution in [1.29, 1.82) is 0 Å². The molecule has 0 bridgehead atoms. The van der Waals surface area contributed by atoms with Gasteiger partial charge in [-0.15, -0.1) is 0 Å². The summed E-state index contributed by atoms with van der Waals surface area (Å²) in [7, 11) is 0. The topological polar surface area (TPSA) is 64.2 Å². The van der Waals surface area contributed by atoms with Gasteiger partial charge < -0.3 is 10.6 Å². The first-order valence-electron chi connectivity index (χ1n) is 6.11. The van der Waals surface area contributed by atoms with E-state index in [1.807, 2.05) is 16.5 Å². The average molecular weight is 236 g/mol. The number of anilines is 1. The van der Waals surface area contributed by atoms with Crippen molar-refractivity contribution >= 4 is 11.7 Å². The third-order valence-electron chi connectivity index (χ3n) is 3.56. The molecule has 1 amide bonds. The van der Waals surface area contributed by atoms with Crippen molar-refractivity contribution in [2.45, 2.75) is 33.2 Å². The zero-order chi connectivity index (χ0) is 12.4. The SMILES string of the molecule is CC(=O)N1CCC(Cn2ncc(C)c2N)CC1. The highest BCUT2D eigenvalue weighted by atomic mass is 16.2. The van der Waals surface area contributed by atoms with Gasteiger partial charge in [-0.3, -0.25) is 4.79 Å². The summed E-state index contributed by atoms with van der Waals surface area (Å²) in [5.74, 6) is 1.52. The Kier molecular flexibility index (Phi) is 3.36. The van der Waals surface area contributed by atoms with Crippen LogP contribution in [-0.2, 0) is 11.3 Å². The fraction of sp³-hybridized carbons (Fsp3) is 0.667. The van der Waals surface area contributed by atoms with Gasteiger partial charge in [-0.1, -0.05) is 0 Å². The van der Waals surface area contributed by atoms with E-state index >= 15 is 0 Å². The van der Waals surface area contributed by atoms with Gasteiger partial charge in [0.15, 0.2) is 0 Å². The summed E-state index contributed by atoms with van der Waals surface area (Å²) in [5, 5.41) is 4.27. The molecule has 0 aliphatic carbocycles. The molecule has 94 valence electrons. The van der Waals surface area contributed by atoms with Gasteiger partial charge >= 0.3 is 0 Å². The van der Waals surface area contributed by atoms with E-state index in [0.29, 0.717) is 5.92 Å². The molecular weight excluding hydrogens is 216 g/mol. The van der Waals surface area contributed by atoms with Gasteiger partial charge in [-0.05, 0) is 25.7 Å². The Bertz CT molecular complexity index is 405. The van der Waals surface area contributed by atoms with Gasteiger partial charge in [-0.25, -0.2) is 4.68 Å². The number of likely N-dealkylation sites (tertiary alicyclic amines) is 1. The molecule has 0 aromatic carbocycles. The molecular formula is C12H20N4O. The summed E-state index contributed by atoms with van der Waals surface area (Å²) >= 11 is 0. The molecule has 5 nitrogen and oxygen atoms in total. The third-order valence-corrected chi connectivity index (χ3v) is 3.56. The van der Waals surface area contributed by atoms with Crippen LogP contribution in [-0.4, -0.2) is 33.7 Å². The number of amides is 1. The standard InChI is InChI=1S/C12H20N4O/c1-9-7-14-16(12(9)13)8-11-3-5-15(6-4-11)10(2)17/h7,11H,3-6,8,13H2,1-2H3. The van der Waals surface area contributed by atoms with Gasteiger partial charge in [0.25, 0.3) is 0 Å². The lowest BCUT2D eigenvalue weighted by atomic mass is 9.97. The van der Waals surface area contributed by atoms with Crippen LogP contribution in [0.15, 0.2) is 6.20 Å². The van der Waals surface area contributed by atoms with Crippen LogP contribution in [0.2, 0.25) is 0 Å². The highest BCUT2D eigenvalue weighted by Gasteiger charge is 2.21. The van der Waals surface area contributed by atoms with Crippen molar-refractivity contribution in [3.63, 3.8) is 0 Å². The number of rotatable bonds is 2. The molecule has 2 N–H and O–H groups in total. The van der Waals surface area contributed by atoms with E-state index in [1.54, 1.807) is 13.1 Å². The maximum atomic E-state index is 11.2. The number of carbonyl (C=O) groups excluding carboxylic acids is 1. The Morgan fingerprint density at radius 2 is 2.18 bits per heavy atom. The lowest BCUT2D eigenvalue weighted by molar-refractivity contribution is -0.130. The van der Waals surface area contributed by atoms with E-state index < -0.39 is 0 Å². The summed E-state index contributed by atoms with van der Waals surface area (Å²) in [6.07, 6.45) is 3.88. The number of aromatic nitrogens is 2. The highest BCUT2D eigenvalue weighted by Crippen LogP contribution is 2.21. The van der Waals surface area contributed by atoms with Crippen LogP contribution in [0.4, 0.5) is 5.82 Å². The van der Waals surface area contributed by atoms with E-state index in [-0.39, 0.29) is 5.91 Å². The number of carbonyl (C=O) groups is 1. The molecule has 1 saturated heterocycles. The first-order chi connectivity index (χ1) is 8.08. The van der Waals surface area contributed by atoms with Crippen LogP contribution in [0.3, 0.4) is 0 Å². The predicted octanol–water partition coefficient (Wildman–Crippen LogP) is 1.03. The number of piperidine rings is 1.